The summed E-state index contributed by atoms with van der Waals surface area (Å²) in [5.41, 5.74) is 13.9. The van der Waals surface area contributed by atoms with Crippen LogP contribution in [0.5, 0.6) is 0 Å². The van der Waals surface area contributed by atoms with Crippen LogP contribution in [0.4, 0.5) is 0 Å². The molecule has 11 aromatic rings. The fraction of sp³-hybridized carbons (Fsp3) is 0. The highest BCUT2D eigenvalue weighted by molar-refractivity contribution is 6.22. The van der Waals surface area contributed by atoms with E-state index in [1.165, 1.54) is 5.56 Å². The van der Waals surface area contributed by atoms with Crippen LogP contribution in [0.1, 0.15) is 0 Å². The summed E-state index contributed by atoms with van der Waals surface area (Å²) < 4.78 is 6.60. The third-order valence-electron chi connectivity index (χ3n) is 10.9. The summed E-state index contributed by atoms with van der Waals surface area (Å²) in [6.07, 6.45) is 0. The Morgan fingerprint density at radius 3 is 1.67 bits per heavy atom. The molecule has 4 heteroatoms. The molecule has 0 spiro atoms. The van der Waals surface area contributed by atoms with E-state index < -0.39 is 0 Å². The minimum Gasteiger partial charge on any atom is -0.455 e. The maximum absolute atomic E-state index is 6.60. The fourth-order valence-corrected chi connectivity index (χ4v) is 8.03. The minimum atomic E-state index is 0.693. The van der Waals surface area contributed by atoms with Crippen LogP contribution in [0, 0.1) is 0 Å². The number of hydrogen-bond acceptors (Lipinski definition) is 4. The maximum Gasteiger partial charge on any atom is 0.160 e. The first-order valence-corrected chi connectivity index (χ1v) is 19.2. The van der Waals surface area contributed by atoms with Crippen molar-refractivity contribution in [2.75, 3.05) is 0 Å². The van der Waals surface area contributed by atoms with Crippen LogP contribution in [0.2, 0.25) is 0 Å². The largest absolute Gasteiger partial charge is 0.455 e. The Labute approximate surface area is 329 Å². The smallest absolute Gasteiger partial charge is 0.160 e. The number of aromatic nitrogens is 3. The van der Waals surface area contributed by atoms with Crippen molar-refractivity contribution in [2.45, 2.75) is 0 Å². The molecular formula is C53H33N3O. The van der Waals surface area contributed by atoms with Crippen molar-refractivity contribution in [3.05, 3.63) is 200 Å². The first-order chi connectivity index (χ1) is 28.2. The van der Waals surface area contributed by atoms with Gasteiger partial charge >= 0.3 is 0 Å². The molecule has 0 saturated carbocycles. The quantitative estimate of drug-likeness (QED) is 0.160. The second kappa shape index (κ2) is 13.6. The molecular weight excluding hydrogens is 695 g/mol. The van der Waals surface area contributed by atoms with Crippen LogP contribution in [0.3, 0.4) is 0 Å². The van der Waals surface area contributed by atoms with Crippen molar-refractivity contribution in [1.29, 1.82) is 0 Å². The Hall–Kier alpha value is -7.69. The number of para-hydroxylation sites is 1. The van der Waals surface area contributed by atoms with Gasteiger partial charge in [-0.25, -0.2) is 15.0 Å². The van der Waals surface area contributed by atoms with Gasteiger partial charge in [0.25, 0.3) is 0 Å². The summed E-state index contributed by atoms with van der Waals surface area (Å²) in [5, 5.41) is 5.37. The molecule has 0 aliphatic heterocycles. The van der Waals surface area contributed by atoms with E-state index in [9.17, 15) is 0 Å². The third-order valence-corrected chi connectivity index (χ3v) is 10.9. The van der Waals surface area contributed by atoms with E-state index in [4.69, 9.17) is 19.4 Å². The van der Waals surface area contributed by atoms with Gasteiger partial charge in [0.15, 0.2) is 5.82 Å². The second-order valence-electron chi connectivity index (χ2n) is 14.4. The van der Waals surface area contributed by atoms with Crippen LogP contribution in [-0.2, 0) is 0 Å². The minimum absolute atomic E-state index is 0.693. The van der Waals surface area contributed by atoms with Gasteiger partial charge in [0.05, 0.1) is 28.0 Å². The molecule has 0 bridgehead atoms. The number of furan rings is 1. The SMILES string of the molecule is c1ccc(-c2cccc(-c3cc(-c4ccc(-c5cccc(-c6nc7c8ccccc8ccc7c7oc8ccccc8c67)c5)cc4)nc(-c4ccccc4)n3)c2)cc1. The van der Waals surface area contributed by atoms with Crippen LogP contribution in [0.15, 0.2) is 205 Å². The molecule has 8 aromatic carbocycles. The average molecular weight is 728 g/mol. The molecule has 57 heavy (non-hydrogen) atoms. The number of pyridine rings is 1. The van der Waals surface area contributed by atoms with Crippen molar-refractivity contribution in [3.8, 4) is 67.4 Å². The summed E-state index contributed by atoms with van der Waals surface area (Å²) >= 11 is 0. The van der Waals surface area contributed by atoms with Gasteiger partial charge in [0, 0.05) is 38.4 Å². The maximum atomic E-state index is 6.60. The highest BCUT2D eigenvalue weighted by Crippen LogP contribution is 2.42. The first kappa shape index (κ1) is 32.7. The molecule has 0 unspecified atom stereocenters. The first-order valence-electron chi connectivity index (χ1n) is 19.2. The van der Waals surface area contributed by atoms with Crippen LogP contribution >= 0.6 is 0 Å². The van der Waals surface area contributed by atoms with Gasteiger partial charge in [-0.3, -0.25) is 0 Å². The predicted molar refractivity (Wildman–Crippen MR) is 235 cm³/mol. The molecule has 0 atom stereocenters. The van der Waals surface area contributed by atoms with Gasteiger partial charge in [0.2, 0.25) is 0 Å². The third kappa shape index (κ3) is 5.83. The summed E-state index contributed by atoms with van der Waals surface area (Å²) in [4.78, 5) is 15.6. The molecule has 0 amide bonds. The summed E-state index contributed by atoms with van der Waals surface area (Å²) in [6, 6.07) is 69.6. The van der Waals surface area contributed by atoms with E-state index in [2.05, 4.69) is 164 Å². The van der Waals surface area contributed by atoms with Crippen molar-refractivity contribution in [2.24, 2.45) is 0 Å². The van der Waals surface area contributed by atoms with Crippen molar-refractivity contribution >= 4 is 43.6 Å². The summed E-state index contributed by atoms with van der Waals surface area (Å²) in [6.45, 7) is 0. The van der Waals surface area contributed by atoms with Crippen LogP contribution in [-0.4, -0.2) is 15.0 Å². The molecule has 0 aliphatic carbocycles. The Morgan fingerprint density at radius 2 is 0.895 bits per heavy atom. The zero-order valence-corrected chi connectivity index (χ0v) is 30.8. The highest BCUT2D eigenvalue weighted by Gasteiger charge is 2.19. The van der Waals surface area contributed by atoms with E-state index in [1.807, 2.05) is 36.4 Å². The van der Waals surface area contributed by atoms with Gasteiger partial charge in [-0.15, -0.1) is 0 Å². The molecule has 266 valence electrons. The molecule has 0 aliphatic rings. The standard InChI is InChI=1S/C53H33N3O/c1-3-13-34(14-4-1)39-18-11-20-41(31-39)47-33-46(54-53(55-47)38-16-5-2-6-17-38)37-27-25-35(26-28-37)40-19-12-21-42(32-40)50-49-44-23-9-10-24-48(44)57-52(49)45-30-29-36-15-7-8-22-43(36)51(45)56-50/h1-33H. The Bertz CT molecular complexity index is 3280. The molecule has 3 heterocycles. The lowest BCUT2D eigenvalue weighted by molar-refractivity contribution is 0.672. The lowest BCUT2D eigenvalue weighted by atomic mass is 9.96. The monoisotopic (exact) mass is 727 g/mol. The van der Waals surface area contributed by atoms with Crippen molar-refractivity contribution in [1.82, 2.24) is 15.0 Å². The van der Waals surface area contributed by atoms with Crippen LogP contribution < -0.4 is 0 Å². The summed E-state index contributed by atoms with van der Waals surface area (Å²) in [7, 11) is 0. The molecule has 3 aromatic heterocycles. The number of rotatable bonds is 6. The highest BCUT2D eigenvalue weighted by atomic mass is 16.3. The Balaban J connectivity index is 1.01. The number of nitrogens with zero attached hydrogens (tertiary/aromatic N) is 3. The van der Waals surface area contributed by atoms with Crippen LogP contribution in [0.25, 0.3) is 111 Å². The molecule has 0 N–H and O–H groups in total. The van der Waals surface area contributed by atoms with Gasteiger partial charge in [-0.05, 0) is 58.0 Å². The zero-order valence-electron chi connectivity index (χ0n) is 30.8. The average Bonchev–Trinajstić information content (AvgIpc) is 3.69. The van der Waals surface area contributed by atoms with Gasteiger partial charge in [-0.2, -0.15) is 0 Å². The lowest BCUT2D eigenvalue weighted by Gasteiger charge is -2.12. The topological polar surface area (TPSA) is 51.8 Å². The van der Waals surface area contributed by atoms with E-state index in [1.54, 1.807) is 0 Å². The Morgan fingerprint density at radius 1 is 0.333 bits per heavy atom. The van der Waals surface area contributed by atoms with E-state index in [0.717, 1.165) is 99.6 Å². The Kier molecular flexibility index (Phi) is 7.78. The lowest BCUT2D eigenvalue weighted by Crippen LogP contribution is -1.96. The zero-order chi connectivity index (χ0) is 37.7. The molecule has 0 radical (unpaired) electrons. The number of fused-ring (bicyclic) bond motifs is 7. The van der Waals surface area contributed by atoms with E-state index in [-0.39, 0.29) is 0 Å². The molecule has 4 nitrogen and oxygen atoms in total. The predicted octanol–water partition coefficient (Wildman–Crippen LogP) is 14.1. The number of benzene rings is 8. The van der Waals surface area contributed by atoms with Gasteiger partial charge < -0.3 is 4.42 Å². The fourth-order valence-electron chi connectivity index (χ4n) is 8.03. The van der Waals surface area contributed by atoms with Gasteiger partial charge in [0.1, 0.15) is 11.2 Å². The molecule has 0 saturated heterocycles. The van der Waals surface area contributed by atoms with Gasteiger partial charge in [-0.1, -0.05) is 170 Å². The second-order valence-corrected chi connectivity index (χ2v) is 14.4. The number of hydrogen-bond donors (Lipinski definition) is 0. The van der Waals surface area contributed by atoms with E-state index in [0.29, 0.717) is 5.82 Å². The van der Waals surface area contributed by atoms with Crippen molar-refractivity contribution in [3.63, 3.8) is 0 Å². The van der Waals surface area contributed by atoms with E-state index >= 15 is 0 Å². The van der Waals surface area contributed by atoms with Crippen molar-refractivity contribution < 1.29 is 4.42 Å². The normalized spacial score (nSPS) is 11.5. The molecule has 0 fully saturated rings. The molecule has 11 rings (SSSR count). The summed E-state index contributed by atoms with van der Waals surface area (Å²) in [5.74, 6) is 0.693.